The molecule has 0 bridgehead atoms. The van der Waals surface area contributed by atoms with Crippen LogP contribution in [0.15, 0.2) is 24.3 Å². The predicted octanol–water partition coefficient (Wildman–Crippen LogP) is 5.78. The molecule has 28 heavy (non-hydrogen) atoms. The molecule has 2 atom stereocenters. The molecule has 2 amide bonds. The Hall–Kier alpha value is -1.90. The molecule has 0 radical (unpaired) electrons. The fourth-order valence-electron chi connectivity index (χ4n) is 4.95. The van der Waals surface area contributed by atoms with Crippen molar-refractivity contribution in [3.05, 3.63) is 46.5 Å². The first-order chi connectivity index (χ1) is 12.6. The average molecular weight is 382 g/mol. The van der Waals surface area contributed by atoms with Crippen molar-refractivity contribution in [3.63, 3.8) is 0 Å². The van der Waals surface area contributed by atoms with E-state index < -0.39 is 0 Å². The number of fused-ring (bicyclic) bond motifs is 1. The Morgan fingerprint density at radius 2 is 1.36 bits per heavy atom. The van der Waals surface area contributed by atoms with Crippen LogP contribution in [0, 0.1) is 5.41 Å². The van der Waals surface area contributed by atoms with E-state index in [-0.39, 0.29) is 34.1 Å². The first kappa shape index (κ1) is 20.8. The number of rotatable bonds is 1. The molecule has 0 fully saturated rings. The van der Waals surface area contributed by atoms with Crippen LogP contribution in [0.2, 0.25) is 0 Å². The quantitative estimate of drug-likeness (QED) is 0.578. The Morgan fingerprint density at radius 3 is 1.79 bits per heavy atom. The highest BCUT2D eigenvalue weighted by molar-refractivity contribution is 6.13. The summed E-state index contributed by atoms with van der Waals surface area (Å²) in [7, 11) is 0. The van der Waals surface area contributed by atoms with Gasteiger partial charge in [-0.25, -0.2) is 0 Å². The molecule has 3 rings (SSSR count). The largest absolute Gasteiger partial charge is 0.269 e. The third kappa shape index (κ3) is 3.33. The van der Waals surface area contributed by atoms with Gasteiger partial charge in [-0.15, -0.1) is 0 Å². The van der Waals surface area contributed by atoms with E-state index in [0.717, 1.165) is 12.0 Å². The smallest absolute Gasteiger partial charge is 0.254 e. The first-order valence-electron chi connectivity index (χ1n) is 10.4. The number of benzene rings is 1. The second-order valence-electron chi connectivity index (χ2n) is 11.5. The summed E-state index contributed by atoms with van der Waals surface area (Å²) in [4.78, 5) is 26.4. The monoisotopic (exact) mass is 381 g/mol. The van der Waals surface area contributed by atoms with Crippen molar-refractivity contribution in [2.45, 2.75) is 91.5 Å². The van der Waals surface area contributed by atoms with Crippen LogP contribution < -0.4 is 0 Å². The maximum atomic E-state index is 12.5. The van der Waals surface area contributed by atoms with Crippen molar-refractivity contribution in [1.82, 2.24) is 4.90 Å². The molecule has 0 saturated heterocycles. The number of carbonyl (C=O) groups excluding carboxylic acids is 2. The standard InChI is InChI=1S/C25H35NO2/c1-23(2,3)16-11-10-15-18(26-19(27)12-13-20(26)28)14-17(24(4,5)6)21(15)22(16)25(7,8)9/h10-13,17-18H,14H2,1-9H3/t17-,18+/m1/s1. The van der Waals surface area contributed by atoms with Crippen LogP contribution in [0.5, 0.6) is 0 Å². The van der Waals surface area contributed by atoms with Gasteiger partial charge in [0, 0.05) is 12.2 Å². The molecule has 1 heterocycles. The summed E-state index contributed by atoms with van der Waals surface area (Å²) in [6.45, 7) is 20.4. The van der Waals surface area contributed by atoms with Crippen molar-refractivity contribution in [2.75, 3.05) is 0 Å². The molecular formula is C25H35NO2. The topological polar surface area (TPSA) is 37.4 Å². The van der Waals surface area contributed by atoms with Crippen molar-refractivity contribution in [1.29, 1.82) is 0 Å². The van der Waals surface area contributed by atoms with Crippen LogP contribution in [0.25, 0.3) is 0 Å². The molecule has 0 unspecified atom stereocenters. The van der Waals surface area contributed by atoms with E-state index >= 15 is 0 Å². The zero-order valence-corrected chi connectivity index (χ0v) is 18.9. The Balaban J connectivity index is 2.31. The van der Waals surface area contributed by atoms with Gasteiger partial charge in [0.2, 0.25) is 0 Å². The lowest BCUT2D eigenvalue weighted by Gasteiger charge is -2.37. The maximum Gasteiger partial charge on any atom is 0.254 e. The van der Waals surface area contributed by atoms with Gasteiger partial charge in [-0.05, 0) is 50.8 Å². The second-order valence-corrected chi connectivity index (χ2v) is 11.5. The lowest BCUT2D eigenvalue weighted by Crippen LogP contribution is -2.33. The van der Waals surface area contributed by atoms with Gasteiger partial charge in [0.15, 0.2) is 0 Å². The lowest BCUT2D eigenvalue weighted by molar-refractivity contribution is -0.139. The van der Waals surface area contributed by atoms with E-state index in [2.05, 4.69) is 74.4 Å². The molecule has 1 aromatic rings. The molecule has 0 spiro atoms. The lowest BCUT2D eigenvalue weighted by atomic mass is 9.68. The van der Waals surface area contributed by atoms with Gasteiger partial charge in [0.05, 0.1) is 6.04 Å². The Labute approximate surface area is 170 Å². The number of hydrogen-bond acceptors (Lipinski definition) is 2. The minimum atomic E-state index is -0.187. The van der Waals surface area contributed by atoms with E-state index in [1.54, 1.807) is 0 Å². The number of amides is 2. The van der Waals surface area contributed by atoms with Gasteiger partial charge in [0.1, 0.15) is 0 Å². The van der Waals surface area contributed by atoms with Crippen LogP contribution in [0.3, 0.4) is 0 Å². The summed E-state index contributed by atoms with van der Waals surface area (Å²) in [6.07, 6.45) is 3.61. The Bertz CT molecular complexity index is 838. The summed E-state index contributed by atoms with van der Waals surface area (Å²) < 4.78 is 0. The minimum Gasteiger partial charge on any atom is -0.269 e. The van der Waals surface area contributed by atoms with Gasteiger partial charge in [-0.2, -0.15) is 0 Å². The highest BCUT2D eigenvalue weighted by atomic mass is 16.2. The summed E-state index contributed by atoms with van der Waals surface area (Å²) in [5.74, 6) is -0.0781. The molecule has 0 aromatic heterocycles. The number of nitrogens with zero attached hydrogens (tertiary/aromatic N) is 1. The van der Waals surface area contributed by atoms with E-state index in [1.165, 1.54) is 33.7 Å². The summed E-state index contributed by atoms with van der Waals surface area (Å²) in [6, 6.07) is 4.24. The van der Waals surface area contributed by atoms with Gasteiger partial charge >= 0.3 is 0 Å². The SMILES string of the molecule is CC(C)(C)c1ccc2c(c1C(C)(C)C)[C@H](C(C)(C)C)C[C@@H]2N1C(=O)C=CC1=O. The molecule has 3 heteroatoms. The highest BCUT2D eigenvalue weighted by Crippen LogP contribution is 2.56. The third-order valence-electron chi connectivity index (χ3n) is 6.20. The van der Waals surface area contributed by atoms with Crippen molar-refractivity contribution >= 4 is 11.8 Å². The Morgan fingerprint density at radius 1 is 0.821 bits per heavy atom. The molecular weight excluding hydrogens is 346 g/mol. The van der Waals surface area contributed by atoms with Crippen LogP contribution in [0.1, 0.15) is 103 Å². The number of hydrogen-bond donors (Lipinski definition) is 0. The van der Waals surface area contributed by atoms with Crippen LogP contribution in [-0.4, -0.2) is 16.7 Å². The number of carbonyl (C=O) groups is 2. The molecule has 0 N–H and O–H groups in total. The molecule has 152 valence electrons. The molecule has 2 aliphatic rings. The van der Waals surface area contributed by atoms with Crippen LogP contribution in [-0.2, 0) is 20.4 Å². The minimum absolute atomic E-state index is 0.0242. The van der Waals surface area contributed by atoms with Gasteiger partial charge < -0.3 is 0 Å². The van der Waals surface area contributed by atoms with Crippen molar-refractivity contribution < 1.29 is 9.59 Å². The van der Waals surface area contributed by atoms with E-state index in [4.69, 9.17) is 0 Å². The number of imide groups is 1. The van der Waals surface area contributed by atoms with Crippen molar-refractivity contribution in [3.8, 4) is 0 Å². The molecule has 1 aliphatic carbocycles. The van der Waals surface area contributed by atoms with Gasteiger partial charge in [-0.1, -0.05) is 74.4 Å². The predicted molar refractivity (Wildman–Crippen MR) is 114 cm³/mol. The molecule has 0 saturated carbocycles. The highest BCUT2D eigenvalue weighted by Gasteiger charge is 2.47. The van der Waals surface area contributed by atoms with Gasteiger partial charge in [0.25, 0.3) is 11.8 Å². The normalized spacial score (nSPS) is 23.0. The van der Waals surface area contributed by atoms with Crippen molar-refractivity contribution in [2.24, 2.45) is 5.41 Å². The summed E-state index contributed by atoms with van der Waals surface area (Å²) >= 11 is 0. The zero-order valence-electron chi connectivity index (χ0n) is 18.9. The summed E-state index contributed by atoms with van der Waals surface area (Å²) in [5.41, 5.74) is 5.33. The van der Waals surface area contributed by atoms with E-state index in [9.17, 15) is 9.59 Å². The fourth-order valence-corrected chi connectivity index (χ4v) is 4.95. The molecule has 1 aliphatic heterocycles. The first-order valence-corrected chi connectivity index (χ1v) is 10.4. The second kappa shape index (κ2) is 6.30. The van der Waals surface area contributed by atoms with E-state index in [0.29, 0.717) is 5.92 Å². The molecule has 3 nitrogen and oxygen atoms in total. The van der Waals surface area contributed by atoms with Gasteiger partial charge in [-0.3, -0.25) is 14.5 Å². The maximum absolute atomic E-state index is 12.5. The fraction of sp³-hybridized carbons (Fsp3) is 0.600. The van der Waals surface area contributed by atoms with Crippen LogP contribution in [0.4, 0.5) is 0 Å². The van der Waals surface area contributed by atoms with Crippen LogP contribution >= 0.6 is 0 Å². The molecule has 1 aromatic carbocycles. The Kier molecular flexibility index (Phi) is 4.69. The zero-order chi connectivity index (χ0) is 21.2. The third-order valence-corrected chi connectivity index (χ3v) is 6.20. The van der Waals surface area contributed by atoms with E-state index in [1.807, 2.05) is 0 Å². The average Bonchev–Trinajstić information content (AvgIpc) is 3.04. The summed E-state index contributed by atoms with van der Waals surface area (Å²) in [5, 5.41) is 0.